The number of thiophene rings is 1. The number of hydrogen-bond donors (Lipinski definition) is 2. The molecule has 0 aliphatic heterocycles. The number of halogens is 1. The summed E-state index contributed by atoms with van der Waals surface area (Å²) in [6.45, 7) is 4.67. The number of carboxylic acid groups (broad SMARTS) is 1. The minimum absolute atomic E-state index is 0.108. The third-order valence-electron chi connectivity index (χ3n) is 7.55. The van der Waals surface area contributed by atoms with Gasteiger partial charge in [0.2, 0.25) is 0 Å². The van der Waals surface area contributed by atoms with Crippen LogP contribution in [-0.4, -0.2) is 23.0 Å². The molecular formula is C25H30FNO3S. The van der Waals surface area contributed by atoms with Gasteiger partial charge in [-0.1, -0.05) is 26.0 Å². The summed E-state index contributed by atoms with van der Waals surface area (Å²) in [5, 5.41) is 14.6. The van der Waals surface area contributed by atoms with Crippen molar-refractivity contribution in [2.24, 2.45) is 23.2 Å². The van der Waals surface area contributed by atoms with Crippen LogP contribution in [0, 0.1) is 29.0 Å². The number of fused-ring (bicyclic) bond motifs is 3. The van der Waals surface area contributed by atoms with Gasteiger partial charge in [0, 0.05) is 27.9 Å². The zero-order valence-corrected chi connectivity index (χ0v) is 18.9. The monoisotopic (exact) mass is 443 g/mol. The van der Waals surface area contributed by atoms with E-state index in [4.69, 9.17) is 5.11 Å². The van der Waals surface area contributed by atoms with E-state index in [2.05, 4.69) is 31.3 Å². The molecule has 2 N–H and O–H groups in total. The smallest absolute Gasteiger partial charge is 0.303 e. The number of hydrogen-bond acceptors (Lipinski definition) is 3. The molecule has 1 aromatic heterocycles. The first-order valence-electron chi connectivity index (χ1n) is 11.1. The maximum Gasteiger partial charge on any atom is 0.303 e. The van der Waals surface area contributed by atoms with Crippen molar-refractivity contribution in [1.82, 2.24) is 5.32 Å². The number of carboxylic acids is 1. The maximum atomic E-state index is 13.7. The van der Waals surface area contributed by atoms with Crippen LogP contribution in [0.2, 0.25) is 0 Å². The van der Waals surface area contributed by atoms with Gasteiger partial charge in [0.15, 0.2) is 0 Å². The summed E-state index contributed by atoms with van der Waals surface area (Å²) in [5.74, 6) is 0.350. The Balaban J connectivity index is 1.45. The Bertz CT molecular complexity index is 1010. The third kappa shape index (κ3) is 4.40. The minimum Gasteiger partial charge on any atom is -0.481 e. The van der Waals surface area contributed by atoms with Crippen LogP contribution in [0.25, 0.3) is 10.1 Å². The summed E-state index contributed by atoms with van der Waals surface area (Å²) < 4.78 is 14.6. The summed E-state index contributed by atoms with van der Waals surface area (Å²) in [6.07, 6.45) is 8.92. The maximum absolute atomic E-state index is 13.7. The lowest BCUT2D eigenvalue weighted by atomic mass is 9.44. The Hall–Kier alpha value is -2.21. The second kappa shape index (κ2) is 8.73. The van der Waals surface area contributed by atoms with Crippen molar-refractivity contribution >= 4 is 33.3 Å². The van der Waals surface area contributed by atoms with Crippen LogP contribution in [0.3, 0.4) is 0 Å². The first-order chi connectivity index (χ1) is 14.8. The van der Waals surface area contributed by atoms with Crippen molar-refractivity contribution in [2.45, 2.75) is 58.4 Å². The number of carbonyl (C=O) groups excluding carboxylic acids is 1. The van der Waals surface area contributed by atoms with Gasteiger partial charge in [-0.25, -0.2) is 4.39 Å². The molecule has 1 amide bonds. The fourth-order valence-corrected chi connectivity index (χ4v) is 6.53. The quantitative estimate of drug-likeness (QED) is 0.387. The average molecular weight is 444 g/mol. The highest BCUT2D eigenvalue weighted by Gasteiger charge is 2.57. The number of nitrogens with one attached hydrogen (secondary N) is 1. The molecule has 2 bridgehead atoms. The van der Waals surface area contributed by atoms with Crippen molar-refractivity contribution in [3.05, 3.63) is 47.1 Å². The molecule has 5 rings (SSSR count). The fourth-order valence-electron chi connectivity index (χ4n) is 5.60. The molecule has 0 unspecified atom stereocenters. The van der Waals surface area contributed by atoms with Gasteiger partial charge in [0.25, 0.3) is 5.91 Å². The summed E-state index contributed by atoms with van der Waals surface area (Å²) in [5.41, 5.74) is 0.849. The summed E-state index contributed by atoms with van der Waals surface area (Å²) in [6, 6.07) is 4.70. The zero-order valence-electron chi connectivity index (χ0n) is 18.1. The number of carbonyl (C=O) groups is 2. The topological polar surface area (TPSA) is 66.4 Å². The lowest BCUT2D eigenvalue weighted by molar-refractivity contribution is -0.137. The highest BCUT2D eigenvalue weighted by Crippen LogP contribution is 2.62. The summed E-state index contributed by atoms with van der Waals surface area (Å²) in [4.78, 5) is 23.8. The molecule has 0 saturated heterocycles. The Labute approximate surface area is 186 Å². The Morgan fingerprint density at radius 2 is 2.10 bits per heavy atom. The van der Waals surface area contributed by atoms with Gasteiger partial charge in [0.05, 0.1) is 5.56 Å². The molecule has 3 aliphatic rings. The van der Waals surface area contributed by atoms with Gasteiger partial charge in [0.1, 0.15) is 5.82 Å². The second-order valence-electron chi connectivity index (χ2n) is 9.62. The molecule has 4 nitrogen and oxygen atoms in total. The van der Waals surface area contributed by atoms with Crippen molar-refractivity contribution in [3.63, 3.8) is 0 Å². The van der Waals surface area contributed by atoms with Crippen LogP contribution >= 0.6 is 11.3 Å². The highest BCUT2D eigenvalue weighted by molar-refractivity contribution is 7.17. The molecular weight excluding hydrogens is 413 g/mol. The van der Waals surface area contributed by atoms with Crippen molar-refractivity contribution in [1.29, 1.82) is 0 Å². The first kappa shape index (κ1) is 22.0. The van der Waals surface area contributed by atoms with E-state index < -0.39 is 5.97 Å². The van der Waals surface area contributed by atoms with E-state index in [1.54, 1.807) is 6.07 Å². The molecule has 6 heteroatoms. The summed E-state index contributed by atoms with van der Waals surface area (Å²) >= 11 is 1.47. The van der Waals surface area contributed by atoms with E-state index in [0.29, 0.717) is 40.5 Å². The molecule has 0 spiro atoms. The molecule has 1 heterocycles. The minimum atomic E-state index is -0.758. The van der Waals surface area contributed by atoms with Gasteiger partial charge >= 0.3 is 5.97 Å². The normalized spacial score (nSPS) is 26.7. The van der Waals surface area contributed by atoms with Crippen molar-refractivity contribution in [3.8, 4) is 0 Å². The second-order valence-corrected chi connectivity index (χ2v) is 10.5. The SMILES string of the molecule is CC1(C)[C@H]2C[C@@H]1[C@@H](C/C=C\CCCC(=O)O)[C@H](NC(=O)c1csc3ccc(F)cc13)C2. The van der Waals surface area contributed by atoms with E-state index in [1.807, 2.05) is 5.38 Å². The number of aliphatic carboxylic acids is 1. The zero-order chi connectivity index (χ0) is 22.2. The van der Waals surface area contributed by atoms with Gasteiger partial charge in [-0.05, 0) is 73.5 Å². The van der Waals surface area contributed by atoms with E-state index in [-0.39, 0.29) is 24.2 Å². The molecule has 1 aromatic carbocycles. The van der Waals surface area contributed by atoms with Crippen LogP contribution in [0.4, 0.5) is 4.39 Å². The molecule has 2 aromatic rings. The van der Waals surface area contributed by atoms with Gasteiger partial charge in [-0.3, -0.25) is 9.59 Å². The largest absolute Gasteiger partial charge is 0.481 e. The predicted molar refractivity (Wildman–Crippen MR) is 122 cm³/mol. The molecule has 166 valence electrons. The van der Waals surface area contributed by atoms with E-state index in [1.165, 1.54) is 29.9 Å². The third-order valence-corrected chi connectivity index (χ3v) is 8.51. The fraction of sp³-hybridized carbons (Fsp3) is 0.520. The Kier molecular flexibility index (Phi) is 6.20. The Morgan fingerprint density at radius 1 is 1.29 bits per heavy atom. The number of unbranched alkanes of at least 4 members (excludes halogenated alkanes) is 1. The lowest BCUT2D eigenvalue weighted by Gasteiger charge is -2.62. The van der Waals surface area contributed by atoms with Crippen molar-refractivity contribution in [2.75, 3.05) is 0 Å². The van der Waals surface area contributed by atoms with E-state index in [0.717, 1.165) is 24.0 Å². The number of amides is 1. The van der Waals surface area contributed by atoms with Crippen LogP contribution in [0.1, 0.15) is 62.7 Å². The van der Waals surface area contributed by atoms with Crippen LogP contribution in [-0.2, 0) is 4.79 Å². The predicted octanol–water partition coefficient (Wildman–Crippen LogP) is 6.02. The van der Waals surface area contributed by atoms with Crippen LogP contribution in [0.5, 0.6) is 0 Å². The van der Waals surface area contributed by atoms with Gasteiger partial charge in [-0.15, -0.1) is 11.3 Å². The lowest BCUT2D eigenvalue weighted by Crippen LogP contribution is -2.61. The first-order valence-corrected chi connectivity index (χ1v) is 12.0. The standard InChI is InChI=1S/C25H30FNO3S/c1-25(2)15-11-20(25)17(7-5-3-4-6-8-23(28)29)21(12-15)27-24(30)19-14-31-22-10-9-16(26)13-18(19)22/h3,5,9-10,13-15,17,20-21H,4,6-8,11-12H2,1-2H3,(H,27,30)(H,28,29)/b5-3-/t15-,17+,20+,21+/m0/s1. The van der Waals surface area contributed by atoms with E-state index in [9.17, 15) is 14.0 Å². The molecule has 4 atom stereocenters. The number of benzene rings is 1. The van der Waals surface area contributed by atoms with Crippen LogP contribution in [0.15, 0.2) is 35.7 Å². The molecule has 31 heavy (non-hydrogen) atoms. The van der Waals surface area contributed by atoms with Crippen molar-refractivity contribution < 1.29 is 19.1 Å². The van der Waals surface area contributed by atoms with Crippen LogP contribution < -0.4 is 5.32 Å². The molecule has 3 saturated carbocycles. The summed E-state index contributed by atoms with van der Waals surface area (Å²) in [7, 11) is 0. The van der Waals surface area contributed by atoms with Gasteiger partial charge in [-0.2, -0.15) is 0 Å². The average Bonchev–Trinajstić information content (AvgIpc) is 3.13. The number of rotatable bonds is 8. The Morgan fingerprint density at radius 3 is 2.84 bits per heavy atom. The molecule has 3 aliphatic carbocycles. The molecule has 0 radical (unpaired) electrons. The highest BCUT2D eigenvalue weighted by atomic mass is 32.1. The number of allylic oxidation sites excluding steroid dienone is 2. The molecule has 3 fully saturated rings. The van der Waals surface area contributed by atoms with E-state index >= 15 is 0 Å². The van der Waals surface area contributed by atoms with Gasteiger partial charge < -0.3 is 10.4 Å².